The van der Waals surface area contributed by atoms with E-state index in [9.17, 15) is 18.8 Å². The van der Waals surface area contributed by atoms with Crippen molar-refractivity contribution in [3.8, 4) is 87.8 Å². The van der Waals surface area contributed by atoms with Crippen molar-refractivity contribution >= 4 is 38.5 Å². The van der Waals surface area contributed by atoms with E-state index >= 15 is 0 Å². The van der Waals surface area contributed by atoms with Crippen molar-refractivity contribution in [3.63, 3.8) is 0 Å². The molecule has 11 aromatic carbocycles. The van der Waals surface area contributed by atoms with E-state index < -0.39 is 11.7 Å². The molecule has 0 aliphatic heterocycles. The summed E-state index contributed by atoms with van der Waals surface area (Å²) in [5, 5.41) is 22.4. The fourth-order valence-corrected chi connectivity index (χ4v) is 19.0. The van der Waals surface area contributed by atoms with Gasteiger partial charge in [0, 0.05) is 148 Å². The minimum absolute atomic E-state index is 0. The van der Waals surface area contributed by atoms with Gasteiger partial charge in [0.15, 0.2) is 0 Å². The molecular formula is C111H94F2N12O. The Morgan fingerprint density at radius 2 is 0.833 bits per heavy atom. The maximum Gasteiger partial charge on any atom is 0.307 e. The van der Waals surface area contributed by atoms with Crippen molar-refractivity contribution in [3.05, 3.63) is 396 Å². The maximum atomic E-state index is 13.2. The first kappa shape index (κ1) is 82.1. The van der Waals surface area contributed by atoms with Crippen LogP contribution in [0.3, 0.4) is 0 Å². The zero-order valence-electron chi connectivity index (χ0n) is 69.3. The van der Waals surface area contributed by atoms with Crippen LogP contribution in [0.4, 0.5) is 8.78 Å². The van der Waals surface area contributed by atoms with Crippen molar-refractivity contribution < 1.29 is 13.6 Å². The Bertz CT molecular complexity index is 6790. The first-order valence-corrected chi connectivity index (χ1v) is 43.1. The van der Waals surface area contributed by atoms with Crippen molar-refractivity contribution in [1.82, 2.24) is 47.8 Å². The number of halogens is 2. The number of nitriles is 2. The normalized spacial score (nSPS) is 19.5. The van der Waals surface area contributed by atoms with E-state index in [2.05, 4.69) is 264 Å². The first-order chi connectivity index (χ1) is 61.2. The third-order valence-electron chi connectivity index (χ3n) is 26.3. The monoisotopic (exact) mass is 1650 g/mol. The minimum atomic E-state index is -3.34. The van der Waals surface area contributed by atoms with Crippen LogP contribution in [-0.2, 0) is 0 Å². The van der Waals surface area contributed by atoms with Crippen LogP contribution < -0.4 is 0 Å². The molecule has 126 heavy (non-hydrogen) atoms. The van der Waals surface area contributed by atoms with Gasteiger partial charge in [-0.2, -0.15) is 19.3 Å². The quantitative estimate of drug-likeness (QED) is 0.0645. The van der Waals surface area contributed by atoms with Crippen LogP contribution in [0.1, 0.15) is 204 Å². The predicted molar refractivity (Wildman–Crippen MR) is 498 cm³/mol. The standard InChI is InChI=1S/C41H33N5.C28H24F2N2O.C21H16N2.C20H17N3.CH4/c1-2-28-19-31(13-14-32(28)27-42)33-20-34(36-23-38(24-36)45-17-15-43-40(45)29-9-5-3-6-10-29)22-35(21-33)37-25-39(26-37)46-18-16-44-41(46)30-11-7-4-8-12-30;1-28(29,30)26(33)21-11-7-19(8-12-21)23-17-24(18-23)20-9-13-22(14-10-20)27-31-15-16-32(27)25-5-3-2-4-6-25;1-2-15-9-16(14-22)11-18(10-15)19-12-20(13-19)23-8-7-17-5-3-4-6-21(17)23;1-3-7-18-15(6-1)13-21-20(22-18)16-11-17(12-16)23-10-9-14-5-2-4-8-19(14)23;/h1,3-22,36-39H,23-26H2;2-16,23-24H,17-18H2,1H3;1,3-11,19-20H,12-13H2;1-10,13,16-17H,11-12H2;1H4. The number of Topliss-reactive ketones (excluding diaryl/α,β-unsaturated/α-hetero) is 1. The Labute approximate surface area is 734 Å². The van der Waals surface area contributed by atoms with Crippen LogP contribution in [0, 0.1) is 47.3 Å². The average molecular weight is 1650 g/mol. The molecule has 0 N–H and O–H groups in total. The molecule has 5 saturated carbocycles. The Morgan fingerprint density at radius 3 is 1.37 bits per heavy atom. The average Bonchev–Trinajstić information content (AvgIpc) is 1.49. The molecule has 0 unspecified atom stereocenters. The van der Waals surface area contributed by atoms with Gasteiger partial charge in [0.1, 0.15) is 29.4 Å². The first-order valence-electron chi connectivity index (χ1n) is 43.1. The maximum absolute atomic E-state index is 13.2. The summed E-state index contributed by atoms with van der Waals surface area (Å²) < 4.78 is 38.1. The molecule has 0 radical (unpaired) electrons. The molecule has 17 aromatic rings. The van der Waals surface area contributed by atoms with Crippen LogP contribution >= 0.6 is 0 Å². The number of hydrogen-bond acceptors (Lipinski definition) is 8. The molecule has 13 nitrogen and oxygen atoms in total. The van der Waals surface area contributed by atoms with Gasteiger partial charge in [-0.1, -0.05) is 226 Å². The van der Waals surface area contributed by atoms with Gasteiger partial charge in [-0.3, -0.25) is 9.36 Å². The highest BCUT2D eigenvalue weighted by Gasteiger charge is 2.40. The molecule has 618 valence electrons. The number of aromatic nitrogens is 10. The van der Waals surface area contributed by atoms with Gasteiger partial charge in [0.05, 0.1) is 22.7 Å². The molecule has 5 aliphatic carbocycles. The summed E-state index contributed by atoms with van der Waals surface area (Å²) in [5.41, 5.74) is 19.4. The predicted octanol–water partition coefficient (Wildman–Crippen LogP) is 26.2. The van der Waals surface area contributed by atoms with Crippen LogP contribution in [-0.4, -0.2) is 59.5 Å². The van der Waals surface area contributed by atoms with E-state index in [0.717, 1.165) is 137 Å². The Morgan fingerprint density at radius 1 is 0.381 bits per heavy atom. The van der Waals surface area contributed by atoms with E-state index in [1.807, 2.05) is 110 Å². The number of para-hydroxylation sites is 4. The second kappa shape index (κ2) is 35.9. The number of benzene rings is 11. The zero-order valence-corrected chi connectivity index (χ0v) is 69.3. The Balaban J connectivity index is 0.000000119. The Hall–Kier alpha value is -14.9. The summed E-state index contributed by atoms with van der Waals surface area (Å²) in [4.78, 5) is 35.0. The van der Waals surface area contributed by atoms with Gasteiger partial charge in [0.25, 0.3) is 0 Å². The summed E-state index contributed by atoms with van der Waals surface area (Å²) in [7, 11) is 0. The molecule has 5 fully saturated rings. The third-order valence-corrected chi connectivity index (χ3v) is 26.3. The summed E-state index contributed by atoms with van der Waals surface area (Å²) in [5.74, 6) is 7.63. The molecule has 6 aromatic heterocycles. The van der Waals surface area contributed by atoms with Crippen molar-refractivity contribution in [2.24, 2.45) is 0 Å². The molecule has 0 spiro atoms. The zero-order chi connectivity index (χ0) is 85.1. The minimum Gasteiger partial charge on any atom is -0.344 e. The lowest BCUT2D eigenvalue weighted by molar-refractivity contribution is 0.0221. The highest BCUT2D eigenvalue weighted by molar-refractivity contribution is 6.01. The summed E-state index contributed by atoms with van der Waals surface area (Å²) in [6.45, 7) is 0.639. The molecule has 22 rings (SSSR count). The lowest BCUT2D eigenvalue weighted by Gasteiger charge is -2.40. The number of alkyl halides is 2. The van der Waals surface area contributed by atoms with Crippen LogP contribution in [0.5, 0.6) is 0 Å². The second-order valence-corrected chi connectivity index (χ2v) is 34.0. The topological polar surface area (TPSA) is 154 Å². The van der Waals surface area contributed by atoms with E-state index in [4.69, 9.17) is 33.1 Å². The van der Waals surface area contributed by atoms with E-state index in [1.165, 1.54) is 61.8 Å². The molecule has 0 amide bonds. The number of rotatable bonds is 17. The molecule has 6 heterocycles. The van der Waals surface area contributed by atoms with Gasteiger partial charge in [-0.05, 0) is 216 Å². The summed E-state index contributed by atoms with van der Waals surface area (Å²) in [6.07, 6.45) is 40.3. The fraction of sp³-hybridized carbons (Fsp3) is 0.207. The molecule has 0 atom stereocenters. The lowest BCUT2D eigenvalue weighted by Crippen LogP contribution is -2.27. The van der Waals surface area contributed by atoms with Gasteiger partial charge < -0.3 is 18.3 Å². The highest BCUT2D eigenvalue weighted by Crippen LogP contribution is 2.53. The van der Waals surface area contributed by atoms with Crippen LogP contribution in [0.25, 0.3) is 83.7 Å². The number of hydrogen-bond donors (Lipinski definition) is 0. The van der Waals surface area contributed by atoms with Crippen LogP contribution in [0.2, 0.25) is 0 Å². The fourth-order valence-electron chi connectivity index (χ4n) is 19.0. The van der Waals surface area contributed by atoms with Crippen molar-refractivity contribution in [2.45, 2.75) is 144 Å². The molecular weight excluding hydrogens is 1560 g/mol. The van der Waals surface area contributed by atoms with E-state index in [0.29, 0.717) is 83.3 Å². The van der Waals surface area contributed by atoms with Gasteiger partial charge >= 0.3 is 5.92 Å². The lowest BCUT2D eigenvalue weighted by atomic mass is 9.68. The molecule has 5 aliphatic rings. The number of carbonyl (C=O) groups is 1. The van der Waals surface area contributed by atoms with Gasteiger partial charge in [-0.25, -0.2) is 24.9 Å². The number of ketones is 1. The SMILES string of the molecule is C.C#Cc1cc(-c2cc(C3CC(n4ccnc4-c4ccccc4)C3)cc(C3CC(n4ccnc4-c4ccccc4)C3)c2)ccc1C#N.C#Cc1cc(C#N)cc(C2CC(n3ccc4ccccc43)C2)c1.CC(F)(F)C(=O)c1ccc(C2CC(c3ccc(-c4nccn4-c4ccccc4)cc3)C2)cc1.c1ccc2nc(C3CC(n4ccc5ccccc54)C3)ncc2c1. The number of nitrogens with zero attached hydrogens (tertiary/aromatic N) is 12. The highest BCUT2D eigenvalue weighted by atomic mass is 19.3. The number of imidazole rings is 3. The molecule has 15 heteroatoms. The smallest absolute Gasteiger partial charge is 0.307 e. The van der Waals surface area contributed by atoms with E-state index in [-0.39, 0.29) is 13.0 Å². The van der Waals surface area contributed by atoms with Gasteiger partial charge in [0.2, 0.25) is 5.78 Å². The largest absolute Gasteiger partial charge is 0.344 e. The van der Waals surface area contributed by atoms with Crippen LogP contribution in [0.15, 0.2) is 335 Å². The van der Waals surface area contributed by atoms with Gasteiger partial charge in [-0.15, -0.1) is 12.8 Å². The third kappa shape index (κ3) is 17.0. The summed E-state index contributed by atoms with van der Waals surface area (Å²) >= 11 is 0. The molecule has 0 bridgehead atoms. The molecule has 0 saturated heterocycles. The van der Waals surface area contributed by atoms with Crippen molar-refractivity contribution in [2.75, 3.05) is 0 Å². The summed E-state index contributed by atoms with van der Waals surface area (Å²) in [6, 6.07) is 101. The Kier molecular flexibility index (Phi) is 23.4. The number of terminal acetylenes is 2. The van der Waals surface area contributed by atoms with E-state index in [1.54, 1.807) is 6.07 Å². The number of fused-ring (bicyclic) bond motifs is 3. The van der Waals surface area contributed by atoms with Crippen molar-refractivity contribution in [1.29, 1.82) is 10.5 Å². The second-order valence-electron chi connectivity index (χ2n) is 34.0. The number of carbonyl (C=O) groups excluding carboxylic acids is 1.